The molecule has 2 atom stereocenters. The van der Waals surface area contributed by atoms with Crippen LogP contribution in [0.3, 0.4) is 0 Å². The third-order valence-electron chi connectivity index (χ3n) is 5.47. The molecule has 0 saturated carbocycles. The molecule has 1 saturated heterocycles. The maximum Gasteiger partial charge on any atom is 0.257 e. The molecule has 1 aromatic heterocycles. The van der Waals surface area contributed by atoms with Crippen molar-refractivity contribution < 1.29 is 14.3 Å². The third kappa shape index (κ3) is 6.43. The summed E-state index contributed by atoms with van der Waals surface area (Å²) in [5.74, 6) is 0.874. The molecule has 0 spiro atoms. The number of carbonyl (C=O) groups is 1. The Balaban J connectivity index is 1.62. The van der Waals surface area contributed by atoms with E-state index < -0.39 is 0 Å². The maximum atomic E-state index is 13.1. The molecule has 1 aliphatic heterocycles. The Morgan fingerprint density at radius 3 is 2.56 bits per heavy atom. The van der Waals surface area contributed by atoms with E-state index in [2.05, 4.69) is 0 Å². The molecule has 0 radical (unpaired) electrons. The van der Waals surface area contributed by atoms with Gasteiger partial charge in [0, 0.05) is 51.4 Å². The first-order valence-corrected chi connectivity index (χ1v) is 12.0. The van der Waals surface area contributed by atoms with Gasteiger partial charge in [-0.25, -0.2) is 4.98 Å². The van der Waals surface area contributed by atoms with Crippen molar-refractivity contribution in [3.63, 3.8) is 0 Å². The van der Waals surface area contributed by atoms with Gasteiger partial charge in [-0.3, -0.25) is 14.2 Å². The average molecular weight is 460 g/mol. The van der Waals surface area contributed by atoms with Crippen LogP contribution in [-0.4, -0.2) is 58.5 Å². The molecule has 0 N–H and O–H groups in total. The molecule has 0 aliphatic carbocycles. The van der Waals surface area contributed by atoms with Crippen LogP contribution in [-0.2, 0) is 34.3 Å². The minimum absolute atomic E-state index is 0.0502. The number of amides is 1. The number of morpholine rings is 1. The summed E-state index contributed by atoms with van der Waals surface area (Å²) in [6, 6.07) is 9.90. The lowest BCUT2D eigenvalue weighted by atomic mass is 10.0. The van der Waals surface area contributed by atoms with Crippen molar-refractivity contribution in [3.05, 3.63) is 57.5 Å². The van der Waals surface area contributed by atoms with Crippen molar-refractivity contribution in [2.24, 2.45) is 7.05 Å². The second kappa shape index (κ2) is 11.6. The standard InChI is InChI=1S/C24H33N3O4S/c1-17-14-27(15-18(2)31-17)22(28)11-8-12-32-24-25-21(16-30-4)20(23(29)26(24)3)13-19-9-6-5-7-10-19/h5-7,9-10,17-18H,8,11-16H2,1-4H3. The van der Waals surface area contributed by atoms with Crippen LogP contribution < -0.4 is 5.56 Å². The molecule has 8 heteroatoms. The summed E-state index contributed by atoms with van der Waals surface area (Å²) in [5, 5.41) is 0.653. The Morgan fingerprint density at radius 2 is 1.91 bits per heavy atom. The summed E-state index contributed by atoms with van der Waals surface area (Å²) in [6.07, 6.45) is 1.88. The molecule has 2 aromatic rings. The Bertz CT molecular complexity index is 954. The fraction of sp³-hybridized carbons (Fsp3) is 0.542. The Kier molecular flexibility index (Phi) is 8.90. The largest absolute Gasteiger partial charge is 0.378 e. The van der Waals surface area contributed by atoms with Crippen molar-refractivity contribution in [1.29, 1.82) is 0 Å². The summed E-state index contributed by atoms with van der Waals surface area (Å²) in [6.45, 7) is 5.58. The van der Waals surface area contributed by atoms with Gasteiger partial charge < -0.3 is 14.4 Å². The summed E-state index contributed by atoms with van der Waals surface area (Å²) in [5.41, 5.74) is 2.35. The van der Waals surface area contributed by atoms with E-state index in [0.29, 0.717) is 48.1 Å². The summed E-state index contributed by atoms with van der Waals surface area (Å²) >= 11 is 1.51. The van der Waals surface area contributed by atoms with E-state index in [0.717, 1.165) is 12.0 Å². The number of hydrogen-bond acceptors (Lipinski definition) is 6. The van der Waals surface area contributed by atoms with Gasteiger partial charge in [0.05, 0.1) is 24.5 Å². The van der Waals surface area contributed by atoms with Crippen LogP contribution in [0.15, 0.2) is 40.3 Å². The molecule has 174 valence electrons. The SMILES string of the molecule is COCc1nc(SCCCC(=O)N2CC(C)OC(C)C2)n(C)c(=O)c1Cc1ccccc1. The van der Waals surface area contributed by atoms with E-state index in [-0.39, 0.29) is 30.3 Å². The van der Waals surface area contributed by atoms with Crippen molar-refractivity contribution in [2.75, 3.05) is 26.0 Å². The van der Waals surface area contributed by atoms with Gasteiger partial charge in [0.15, 0.2) is 5.16 Å². The van der Waals surface area contributed by atoms with Gasteiger partial charge in [-0.2, -0.15) is 0 Å². The Hall–Kier alpha value is -2.16. The molecular formula is C24H33N3O4S. The lowest BCUT2D eigenvalue weighted by Gasteiger charge is -2.35. The lowest BCUT2D eigenvalue weighted by Crippen LogP contribution is -2.48. The molecule has 2 unspecified atom stereocenters. The van der Waals surface area contributed by atoms with E-state index in [1.54, 1.807) is 18.7 Å². The highest BCUT2D eigenvalue weighted by Gasteiger charge is 2.25. The summed E-state index contributed by atoms with van der Waals surface area (Å²) in [4.78, 5) is 32.3. The van der Waals surface area contributed by atoms with Crippen molar-refractivity contribution >= 4 is 17.7 Å². The molecule has 1 aromatic carbocycles. The minimum atomic E-state index is -0.0502. The number of hydrogen-bond donors (Lipinski definition) is 0. The van der Waals surface area contributed by atoms with E-state index in [4.69, 9.17) is 14.5 Å². The maximum absolute atomic E-state index is 13.1. The van der Waals surface area contributed by atoms with Crippen LogP contribution in [0, 0.1) is 0 Å². The normalized spacial score (nSPS) is 18.7. The molecule has 3 rings (SSSR count). The number of nitrogens with zero attached hydrogens (tertiary/aromatic N) is 3. The summed E-state index contributed by atoms with van der Waals surface area (Å²) in [7, 11) is 3.36. The van der Waals surface area contributed by atoms with Crippen LogP contribution in [0.5, 0.6) is 0 Å². The zero-order valence-electron chi connectivity index (χ0n) is 19.4. The number of ether oxygens (including phenoxy) is 2. The molecule has 1 fully saturated rings. The monoisotopic (exact) mass is 459 g/mol. The zero-order chi connectivity index (χ0) is 23.1. The second-order valence-electron chi connectivity index (χ2n) is 8.29. The van der Waals surface area contributed by atoms with Crippen molar-refractivity contribution in [2.45, 2.75) is 57.1 Å². The topological polar surface area (TPSA) is 73.7 Å². The van der Waals surface area contributed by atoms with Gasteiger partial charge >= 0.3 is 0 Å². The van der Waals surface area contributed by atoms with E-state index in [9.17, 15) is 9.59 Å². The first kappa shape index (κ1) is 24.5. The second-order valence-corrected chi connectivity index (χ2v) is 9.35. The summed E-state index contributed by atoms with van der Waals surface area (Å²) < 4.78 is 12.6. The lowest BCUT2D eigenvalue weighted by molar-refractivity contribution is -0.143. The molecule has 32 heavy (non-hydrogen) atoms. The molecule has 0 bridgehead atoms. The Morgan fingerprint density at radius 1 is 1.22 bits per heavy atom. The molecule has 1 amide bonds. The highest BCUT2D eigenvalue weighted by molar-refractivity contribution is 7.99. The van der Waals surface area contributed by atoms with Gasteiger partial charge in [-0.15, -0.1) is 0 Å². The minimum Gasteiger partial charge on any atom is -0.378 e. The third-order valence-corrected chi connectivity index (χ3v) is 6.59. The number of benzene rings is 1. The zero-order valence-corrected chi connectivity index (χ0v) is 20.2. The van der Waals surface area contributed by atoms with E-state index >= 15 is 0 Å². The van der Waals surface area contributed by atoms with Crippen LogP contribution in [0.25, 0.3) is 0 Å². The fourth-order valence-electron chi connectivity index (χ4n) is 3.96. The van der Waals surface area contributed by atoms with E-state index in [1.807, 2.05) is 49.1 Å². The van der Waals surface area contributed by atoms with Crippen LogP contribution >= 0.6 is 11.8 Å². The van der Waals surface area contributed by atoms with Crippen LogP contribution in [0.1, 0.15) is 43.5 Å². The van der Waals surface area contributed by atoms with Crippen LogP contribution in [0.2, 0.25) is 0 Å². The van der Waals surface area contributed by atoms with Crippen LogP contribution in [0.4, 0.5) is 0 Å². The van der Waals surface area contributed by atoms with Gasteiger partial charge in [-0.1, -0.05) is 42.1 Å². The number of carbonyl (C=O) groups excluding carboxylic acids is 1. The first-order chi connectivity index (χ1) is 15.4. The Labute approximate surface area is 194 Å². The predicted octanol–water partition coefficient (Wildman–Crippen LogP) is 3.03. The van der Waals surface area contributed by atoms with E-state index in [1.165, 1.54) is 11.8 Å². The number of methoxy groups -OCH3 is 1. The van der Waals surface area contributed by atoms with Crippen molar-refractivity contribution in [1.82, 2.24) is 14.5 Å². The smallest absolute Gasteiger partial charge is 0.257 e. The molecule has 7 nitrogen and oxygen atoms in total. The average Bonchev–Trinajstić information content (AvgIpc) is 2.77. The fourth-order valence-corrected chi connectivity index (χ4v) is 4.88. The van der Waals surface area contributed by atoms with Gasteiger partial charge in [0.25, 0.3) is 5.56 Å². The molecular weight excluding hydrogens is 426 g/mol. The number of aromatic nitrogens is 2. The highest BCUT2D eigenvalue weighted by atomic mass is 32.2. The first-order valence-electron chi connectivity index (χ1n) is 11.1. The highest BCUT2D eigenvalue weighted by Crippen LogP contribution is 2.20. The number of rotatable bonds is 9. The van der Waals surface area contributed by atoms with Gasteiger partial charge in [0.1, 0.15) is 0 Å². The predicted molar refractivity (Wildman–Crippen MR) is 126 cm³/mol. The molecule has 2 heterocycles. The van der Waals surface area contributed by atoms with Gasteiger partial charge in [-0.05, 0) is 25.8 Å². The quantitative estimate of drug-likeness (QED) is 0.326. The number of thioether (sulfide) groups is 1. The van der Waals surface area contributed by atoms with Crippen molar-refractivity contribution in [3.8, 4) is 0 Å². The van der Waals surface area contributed by atoms with Gasteiger partial charge in [0.2, 0.25) is 5.91 Å². The molecule has 1 aliphatic rings.